The second-order valence-electron chi connectivity index (χ2n) is 4.36. The van der Waals surface area contributed by atoms with Gasteiger partial charge in [-0.1, -0.05) is 13.8 Å². The highest BCUT2D eigenvalue weighted by atomic mass is 16.4. The van der Waals surface area contributed by atoms with Gasteiger partial charge in [-0.2, -0.15) is 4.98 Å². The van der Waals surface area contributed by atoms with Gasteiger partial charge >= 0.3 is 0 Å². The van der Waals surface area contributed by atoms with Crippen LogP contribution in [0.5, 0.6) is 0 Å². The lowest BCUT2D eigenvalue weighted by atomic mass is 10.3. The second kappa shape index (κ2) is 5.16. The fourth-order valence-electron chi connectivity index (χ4n) is 1.07. The Morgan fingerprint density at radius 1 is 1.40 bits per heavy atom. The summed E-state index contributed by atoms with van der Waals surface area (Å²) in [5.74, 6) is 0. The topological polar surface area (TPSA) is 41.3 Å². The number of nitrogens with one attached hydrogen (secondary N) is 1. The van der Waals surface area contributed by atoms with Crippen LogP contribution in [0.4, 0.5) is 6.01 Å². The van der Waals surface area contributed by atoms with Crippen LogP contribution in [0.25, 0.3) is 0 Å². The maximum Gasteiger partial charge on any atom is 0.297 e. The molecule has 1 aromatic heterocycles. The first-order chi connectivity index (χ1) is 7.00. The van der Waals surface area contributed by atoms with Gasteiger partial charge in [0.1, 0.15) is 6.26 Å². The highest BCUT2D eigenvalue weighted by Gasteiger charge is 2.11. The van der Waals surface area contributed by atoms with Crippen LogP contribution >= 0.6 is 0 Å². The molecule has 15 heavy (non-hydrogen) atoms. The lowest BCUT2D eigenvalue weighted by Gasteiger charge is -2.18. The molecule has 0 amide bonds. The molecule has 1 N–H and O–H groups in total. The molecule has 0 atom stereocenters. The van der Waals surface area contributed by atoms with E-state index in [1.165, 1.54) is 0 Å². The van der Waals surface area contributed by atoms with Gasteiger partial charge in [0.25, 0.3) is 6.01 Å². The molecule has 0 aromatic carbocycles. The summed E-state index contributed by atoms with van der Waals surface area (Å²) in [7, 11) is 1.98. The van der Waals surface area contributed by atoms with E-state index in [2.05, 4.69) is 38.0 Å². The van der Waals surface area contributed by atoms with Gasteiger partial charge in [0.05, 0.1) is 5.69 Å². The van der Waals surface area contributed by atoms with E-state index in [-0.39, 0.29) is 0 Å². The molecule has 0 fully saturated rings. The normalized spacial score (nSPS) is 11.4. The van der Waals surface area contributed by atoms with Crippen LogP contribution in [-0.2, 0) is 6.54 Å². The number of hydrogen-bond acceptors (Lipinski definition) is 4. The minimum atomic E-state index is 0.398. The second-order valence-corrected chi connectivity index (χ2v) is 4.36. The Labute approximate surface area is 91.7 Å². The summed E-state index contributed by atoms with van der Waals surface area (Å²) in [6.45, 7) is 9.20. The van der Waals surface area contributed by atoms with Crippen molar-refractivity contribution in [3.05, 3.63) is 12.0 Å². The molecule has 4 heteroatoms. The Balaban J connectivity index is 2.56. The van der Waals surface area contributed by atoms with Crippen molar-refractivity contribution in [1.29, 1.82) is 0 Å². The first kappa shape index (κ1) is 12.0. The molecule has 0 spiro atoms. The molecule has 0 bridgehead atoms. The number of nitrogens with zero attached hydrogens (tertiary/aromatic N) is 2. The first-order valence-corrected chi connectivity index (χ1v) is 5.41. The van der Waals surface area contributed by atoms with Gasteiger partial charge in [0, 0.05) is 25.7 Å². The number of oxazole rings is 1. The predicted octanol–water partition coefficient (Wildman–Crippen LogP) is 2.02. The van der Waals surface area contributed by atoms with Crippen LogP contribution < -0.4 is 10.2 Å². The van der Waals surface area contributed by atoms with Crippen LogP contribution in [0.15, 0.2) is 10.7 Å². The molecular weight excluding hydrogens is 190 g/mol. The van der Waals surface area contributed by atoms with E-state index in [4.69, 9.17) is 4.42 Å². The quantitative estimate of drug-likeness (QED) is 0.809. The Bertz CT molecular complexity index is 294. The van der Waals surface area contributed by atoms with E-state index in [0.717, 1.165) is 12.2 Å². The van der Waals surface area contributed by atoms with Crippen LogP contribution in [0, 0.1) is 0 Å². The summed E-state index contributed by atoms with van der Waals surface area (Å²) in [5.41, 5.74) is 0.950. The zero-order valence-corrected chi connectivity index (χ0v) is 10.2. The summed E-state index contributed by atoms with van der Waals surface area (Å²) in [6, 6.07) is 1.55. The van der Waals surface area contributed by atoms with Crippen molar-refractivity contribution in [2.24, 2.45) is 0 Å². The van der Waals surface area contributed by atoms with Crippen molar-refractivity contribution >= 4 is 6.01 Å². The Hall–Kier alpha value is -1.03. The van der Waals surface area contributed by atoms with Gasteiger partial charge in [-0.05, 0) is 13.8 Å². The van der Waals surface area contributed by atoms with E-state index in [9.17, 15) is 0 Å². The van der Waals surface area contributed by atoms with Gasteiger partial charge in [-0.3, -0.25) is 0 Å². The summed E-state index contributed by atoms with van der Waals surface area (Å²) in [4.78, 5) is 6.41. The van der Waals surface area contributed by atoms with Gasteiger partial charge in [0.15, 0.2) is 0 Å². The third-order valence-electron chi connectivity index (χ3n) is 2.31. The number of hydrogen-bond donors (Lipinski definition) is 1. The number of anilines is 1. The van der Waals surface area contributed by atoms with Gasteiger partial charge in [0.2, 0.25) is 0 Å². The Kier molecular flexibility index (Phi) is 4.15. The van der Waals surface area contributed by atoms with Crippen molar-refractivity contribution in [2.75, 3.05) is 11.9 Å². The smallest absolute Gasteiger partial charge is 0.297 e. The van der Waals surface area contributed by atoms with Crippen LogP contribution in [0.3, 0.4) is 0 Å². The van der Waals surface area contributed by atoms with Gasteiger partial charge < -0.3 is 14.6 Å². The zero-order chi connectivity index (χ0) is 11.4. The molecule has 0 aliphatic heterocycles. The molecule has 1 rings (SSSR count). The molecule has 0 aliphatic carbocycles. The van der Waals surface area contributed by atoms with Gasteiger partial charge in [-0.25, -0.2) is 0 Å². The van der Waals surface area contributed by atoms with E-state index < -0.39 is 0 Å². The van der Waals surface area contributed by atoms with Crippen molar-refractivity contribution in [3.8, 4) is 0 Å². The molecule has 1 aromatic rings. The summed E-state index contributed by atoms with van der Waals surface area (Å²) >= 11 is 0. The predicted molar refractivity (Wildman–Crippen MR) is 62.0 cm³/mol. The molecular formula is C11H21N3O. The molecule has 0 saturated heterocycles. The van der Waals surface area contributed by atoms with E-state index in [1.807, 2.05) is 11.9 Å². The van der Waals surface area contributed by atoms with E-state index in [1.54, 1.807) is 6.26 Å². The van der Waals surface area contributed by atoms with Crippen molar-refractivity contribution in [2.45, 2.75) is 46.3 Å². The molecule has 1 heterocycles. The SMILES string of the molecule is CC(C)NCc1coc(N(C)C(C)C)n1. The maximum atomic E-state index is 5.39. The fraction of sp³-hybridized carbons (Fsp3) is 0.727. The molecule has 0 aliphatic rings. The van der Waals surface area contributed by atoms with Crippen LogP contribution in [0.2, 0.25) is 0 Å². The number of aromatic nitrogens is 1. The van der Waals surface area contributed by atoms with E-state index in [0.29, 0.717) is 18.1 Å². The lowest BCUT2D eigenvalue weighted by molar-refractivity contribution is 0.527. The standard InChI is InChI=1S/C11H21N3O/c1-8(2)12-6-10-7-15-11(13-10)14(5)9(3)4/h7-9,12H,6H2,1-5H3. The molecule has 0 unspecified atom stereocenters. The van der Waals surface area contributed by atoms with Crippen molar-refractivity contribution < 1.29 is 4.42 Å². The third-order valence-corrected chi connectivity index (χ3v) is 2.31. The molecule has 86 valence electrons. The average molecular weight is 211 g/mol. The molecule has 0 saturated carbocycles. The van der Waals surface area contributed by atoms with Crippen molar-refractivity contribution in [3.63, 3.8) is 0 Å². The number of rotatable bonds is 5. The fourth-order valence-corrected chi connectivity index (χ4v) is 1.07. The van der Waals surface area contributed by atoms with Crippen molar-refractivity contribution in [1.82, 2.24) is 10.3 Å². The maximum absolute atomic E-state index is 5.39. The molecule has 0 radical (unpaired) electrons. The monoisotopic (exact) mass is 211 g/mol. The van der Waals surface area contributed by atoms with Gasteiger partial charge in [-0.15, -0.1) is 0 Å². The Morgan fingerprint density at radius 2 is 2.07 bits per heavy atom. The average Bonchev–Trinajstić information content (AvgIpc) is 2.61. The molecule has 4 nitrogen and oxygen atoms in total. The summed E-state index contributed by atoms with van der Waals surface area (Å²) < 4.78 is 5.39. The highest BCUT2D eigenvalue weighted by molar-refractivity contribution is 5.26. The Morgan fingerprint density at radius 3 is 2.60 bits per heavy atom. The minimum Gasteiger partial charge on any atom is -0.432 e. The largest absolute Gasteiger partial charge is 0.432 e. The van der Waals surface area contributed by atoms with Crippen LogP contribution in [0.1, 0.15) is 33.4 Å². The van der Waals surface area contributed by atoms with Crippen LogP contribution in [-0.4, -0.2) is 24.1 Å². The third kappa shape index (κ3) is 3.55. The summed E-state index contributed by atoms with van der Waals surface area (Å²) in [6.07, 6.45) is 1.71. The first-order valence-electron chi connectivity index (χ1n) is 5.41. The minimum absolute atomic E-state index is 0.398. The highest BCUT2D eigenvalue weighted by Crippen LogP contribution is 2.14. The van der Waals surface area contributed by atoms with E-state index >= 15 is 0 Å². The summed E-state index contributed by atoms with van der Waals surface area (Å²) in [5, 5.41) is 3.30. The lowest BCUT2D eigenvalue weighted by Crippen LogP contribution is -2.26. The zero-order valence-electron chi connectivity index (χ0n) is 10.2.